The highest BCUT2D eigenvalue weighted by molar-refractivity contribution is 5.51. The minimum Gasteiger partial charge on any atom is -0.508 e. The van der Waals surface area contributed by atoms with E-state index in [1.165, 1.54) is 12.1 Å². The smallest absolute Gasteiger partial charge is 0.123 e. The van der Waals surface area contributed by atoms with Crippen molar-refractivity contribution in [3.05, 3.63) is 82.9 Å². The first-order valence-electron chi connectivity index (χ1n) is 9.19. The van der Waals surface area contributed by atoms with Crippen LogP contribution in [-0.4, -0.2) is 20.4 Å². The highest BCUT2D eigenvalue weighted by atomic mass is 16.3. The van der Waals surface area contributed by atoms with Crippen molar-refractivity contribution in [1.29, 1.82) is 0 Å². The average Bonchev–Trinajstić information content (AvgIpc) is 2.61. The SMILES string of the molecule is CC(C)(c1ccc(C(C)(C)c2ccc(O)cc2O)cc1)c1ccc(O)cc1O. The molecule has 0 fully saturated rings. The van der Waals surface area contributed by atoms with Gasteiger partial charge in [-0.2, -0.15) is 0 Å². The van der Waals surface area contributed by atoms with Gasteiger partial charge in [0, 0.05) is 34.1 Å². The molecule has 146 valence electrons. The molecule has 0 aliphatic rings. The summed E-state index contributed by atoms with van der Waals surface area (Å²) in [5.41, 5.74) is 2.58. The van der Waals surface area contributed by atoms with Crippen molar-refractivity contribution in [2.24, 2.45) is 0 Å². The summed E-state index contributed by atoms with van der Waals surface area (Å²) in [6.45, 7) is 8.08. The van der Waals surface area contributed by atoms with Crippen LogP contribution in [0.2, 0.25) is 0 Å². The molecule has 0 amide bonds. The Morgan fingerprint density at radius 1 is 0.500 bits per heavy atom. The lowest BCUT2D eigenvalue weighted by molar-refractivity contribution is 0.434. The zero-order chi connectivity index (χ0) is 20.7. The third-order valence-electron chi connectivity index (χ3n) is 5.64. The lowest BCUT2D eigenvalue weighted by atomic mass is 9.74. The van der Waals surface area contributed by atoms with Crippen LogP contribution in [0, 0.1) is 0 Å². The molecule has 4 N–H and O–H groups in total. The molecule has 0 spiro atoms. The molecule has 0 bridgehead atoms. The number of hydrogen-bond donors (Lipinski definition) is 4. The molecule has 4 nitrogen and oxygen atoms in total. The van der Waals surface area contributed by atoms with Gasteiger partial charge < -0.3 is 20.4 Å². The molecule has 0 aromatic heterocycles. The predicted octanol–water partition coefficient (Wildman–Crippen LogP) is 5.16. The molecule has 4 heteroatoms. The Labute approximate surface area is 165 Å². The number of hydrogen-bond acceptors (Lipinski definition) is 4. The van der Waals surface area contributed by atoms with Crippen molar-refractivity contribution >= 4 is 0 Å². The molecule has 0 radical (unpaired) electrons. The summed E-state index contributed by atoms with van der Waals surface area (Å²) in [4.78, 5) is 0. The molecule has 28 heavy (non-hydrogen) atoms. The maximum atomic E-state index is 10.3. The number of aromatic hydroxyl groups is 4. The molecule has 0 unspecified atom stereocenters. The lowest BCUT2D eigenvalue weighted by Crippen LogP contribution is -2.21. The molecule has 3 aromatic carbocycles. The maximum absolute atomic E-state index is 10.3. The Morgan fingerprint density at radius 2 is 0.821 bits per heavy atom. The van der Waals surface area contributed by atoms with Crippen LogP contribution < -0.4 is 0 Å². The van der Waals surface area contributed by atoms with E-state index >= 15 is 0 Å². The molecule has 0 saturated carbocycles. The van der Waals surface area contributed by atoms with Crippen molar-refractivity contribution in [3.8, 4) is 23.0 Å². The fourth-order valence-corrected chi connectivity index (χ4v) is 3.71. The molecule has 0 heterocycles. The fraction of sp³-hybridized carbons (Fsp3) is 0.250. The largest absolute Gasteiger partial charge is 0.508 e. The van der Waals surface area contributed by atoms with Crippen LogP contribution in [0.15, 0.2) is 60.7 Å². The standard InChI is InChI=1S/C24H26O4/c1-23(2,19-11-9-17(25)13-21(19)27)15-5-7-16(8-6-15)24(3,4)20-12-10-18(26)14-22(20)28/h5-14,25-28H,1-4H3. The fourth-order valence-electron chi connectivity index (χ4n) is 3.71. The first kappa shape index (κ1) is 19.6. The first-order valence-corrected chi connectivity index (χ1v) is 9.19. The molecule has 0 aliphatic heterocycles. The van der Waals surface area contributed by atoms with Crippen molar-refractivity contribution in [3.63, 3.8) is 0 Å². The van der Waals surface area contributed by atoms with E-state index in [1.54, 1.807) is 24.3 Å². The summed E-state index contributed by atoms with van der Waals surface area (Å²) in [5, 5.41) is 39.6. The third-order valence-corrected chi connectivity index (χ3v) is 5.64. The van der Waals surface area contributed by atoms with Gasteiger partial charge in [0.2, 0.25) is 0 Å². The van der Waals surface area contributed by atoms with Gasteiger partial charge in [-0.3, -0.25) is 0 Å². The van der Waals surface area contributed by atoms with Crippen LogP contribution in [0.5, 0.6) is 23.0 Å². The van der Waals surface area contributed by atoms with Crippen LogP contribution in [0.1, 0.15) is 49.9 Å². The van der Waals surface area contributed by atoms with E-state index in [4.69, 9.17) is 0 Å². The van der Waals surface area contributed by atoms with Gasteiger partial charge in [0.1, 0.15) is 23.0 Å². The summed E-state index contributed by atoms with van der Waals surface area (Å²) >= 11 is 0. The first-order chi connectivity index (χ1) is 13.0. The van der Waals surface area contributed by atoms with E-state index in [-0.39, 0.29) is 23.0 Å². The topological polar surface area (TPSA) is 80.9 Å². The second kappa shape index (κ2) is 6.79. The van der Waals surface area contributed by atoms with Crippen molar-refractivity contribution in [2.75, 3.05) is 0 Å². The van der Waals surface area contributed by atoms with Crippen molar-refractivity contribution in [2.45, 2.75) is 38.5 Å². The summed E-state index contributed by atoms with van der Waals surface area (Å²) < 4.78 is 0. The molecule has 0 atom stereocenters. The van der Waals surface area contributed by atoms with Gasteiger partial charge in [-0.1, -0.05) is 64.1 Å². The van der Waals surface area contributed by atoms with Crippen molar-refractivity contribution < 1.29 is 20.4 Å². The molecule has 0 saturated heterocycles. The Kier molecular flexibility index (Phi) is 4.76. The summed E-state index contributed by atoms with van der Waals surface area (Å²) in [6, 6.07) is 17.4. The van der Waals surface area contributed by atoms with Crippen LogP contribution in [0.4, 0.5) is 0 Å². The number of rotatable bonds is 4. The van der Waals surface area contributed by atoms with Crippen LogP contribution in [0.25, 0.3) is 0 Å². The molecule has 0 aliphatic carbocycles. The van der Waals surface area contributed by atoms with Gasteiger partial charge in [0.15, 0.2) is 0 Å². The van der Waals surface area contributed by atoms with Crippen molar-refractivity contribution in [1.82, 2.24) is 0 Å². The summed E-state index contributed by atoms with van der Waals surface area (Å²) in [6.07, 6.45) is 0. The second-order valence-electron chi connectivity index (χ2n) is 8.23. The number of benzene rings is 3. The Bertz CT molecular complexity index is 919. The van der Waals surface area contributed by atoms with Gasteiger partial charge in [-0.15, -0.1) is 0 Å². The summed E-state index contributed by atoms with van der Waals surface area (Å²) in [7, 11) is 0. The van der Waals surface area contributed by atoms with Gasteiger partial charge in [-0.05, 0) is 23.3 Å². The maximum Gasteiger partial charge on any atom is 0.123 e. The van der Waals surface area contributed by atoms with Gasteiger partial charge in [0.05, 0.1) is 0 Å². The number of phenolic OH excluding ortho intramolecular Hbond substituents is 4. The van der Waals surface area contributed by atoms with Crippen LogP contribution in [0.3, 0.4) is 0 Å². The lowest BCUT2D eigenvalue weighted by Gasteiger charge is -2.30. The Hall–Kier alpha value is -3.14. The monoisotopic (exact) mass is 378 g/mol. The van der Waals surface area contributed by atoms with Crippen LogP contribution in [-0.2, 0) is 10.8 Å². The normalized spacial score (nSPS) is 12.1. The quantitative estimate of drug-likeness (QED) is 0.505. The molecule has 3 rings (SSSR count). The molecule has 3 aromatic rings. The van der Waals surface area contributed by atoms with E-state index in [1.807, 2.05) is 52.0 Å². The van der Waals surface area contributed by atoms with Gasteiger partial charge >= 0.3 is 0 Å². The zero-order valence-corrected chi connectivity index (χ0v) is 16.6. The predicted molar refractivity (Wildman–Crippen MR) is 110 cm³/mol. The molecular weight excluding hydrogens is 352 g/mol. The Morgan fingerprint density at radius 3 is 1.11 bits per heavy atom. The van der Waals surface area contributed by atoms with E-state index < -0.39 is 10.8 Å². The zero-order valence-electron chi connectivity index (χ0n) is 16.6. The minimum absolute atomic E-state index is 0.0304. The minimum atomic E-state index is -0.457. The van der Waals surface area contributed by atoms with Crippen LogP contribution >= 0.6 is 0 Å². The van der Waals surface area contributed by atoms with E-state index in [0.717, 1.165) is 22.3 Å². The van der Waals surface area contributed by atoms with Gasteiger partial charge in [-0.25, -0.2) is 0 Å². The average molecular weight is 378 g/mol. The van der Waals surface area contributed by atoms with E-state index in [0.29, 0.717) is 0 Å². The third kappa shape index (κ3) is 3.38. The van der Waals surface area contributed by atoms with E-state index in [9.17, 15) is 20.4 Å². The summed E-state index contributed by atoms with van der Waals surface area (Å²) in [5.74, 6) is 0.178. The highest BCUT2D eigenvalue weighted by Gasteiger charge is 2.29. The Balaban J connectivity index is 1.98. The second-order valence-corrected chi connectivity index (χ2v) is 8.23. The van der Waals surface area contributed by atoms with E-state index in [2.05, 4.69) is 0 Å². The number of phenols is 4. The van der Waals surface area contributed by atoms with Gasteiger partial charge in [0.25, 0.3) is 0 Å². The molecular formula is C24H26O4. The highest BCUT2D eigenvalue weighted by Crippen LogP contribution is 2.41.